The number of aromatic nitrogens is 1. The van der Waals surface area contributed by atoms with Crippen LogP contribution in [-0.4, -0.2) is 38.0 Å². The van der Waals surface area contributed by atoms with Crippen molar-refractivity contribution >= 4 is 22.4 Å². The van der Waals surface area contributed by atoms with Crippen molar-refractivity contribution in [3.05, 3.63) is 18.0 Å². The number of hydrogen-bond donors (Lipinski definition) is 0. The molecule has 1 aliphatic heterocycles. The van der Waals surface area contributed by atoms with Crippen LogP contribution in [0.25, 0.3) is 0 Å². The first kappa shape index (κ1) is 15.5. The second-order valence-electron chi connectivity index (χ2n) is 6.23. The highest BCUT2D eigenvalue weighted by Gasteiger charge is 2.53. The molecule has 20 heavy (non-hydrogen) atoms. The molecule has 1 aromatic heterocycles. The topological polar surface area (TPSA) is 65.5 Å². The van der Waals surface area contributed by atoms with Gasteiger partial charge in [0.1, 0.15) is 0 Å². The number of nitrogens with zero attached hydrogens (tertiary/aromatic N) is 1. The minimum atomic E-state index is -3.39. The van der Waals surface area contributed by atoms with E-state index in [2.05, 4.69) is 4.98 Å². The minimum Gasteiger partial charge on any atom is -0.399 e. The number of aryl methyl sites for hydroxylation is 1. The highest BCUT2D eigenvalue weighted by atomic mass is 32.2. The van der Waals surface area contributed by atoms with Crippen molar-refractivity contribution < 1.29 is 17.7 Å². The largest absolute Gasteiger partial charge is 0.496 e. The molecule has 1 aliphatic rings. The summed E-state index contributed by atoms with van der Waals surface area (Å²) < 4.78 is 35.8. The molecule has 1 fully saturated rings. The third-order valence-corrected chi connectivity index (χ3v) is 5.16. The molecule has 1 saturated heterocycles. The maximum absolute atomic E-state index is 11.9. The Hall–Kier alpha value is -0.915. The highest BCUT2D eigenvalue weighted by molar-refractivity contribution is 7.91. The van der Waals surface area contributed by atoms with Gasteiger partial charge in [-0.25, -0.2) is 8.42 Å². The molecule has 0 unspecified atom stereocenters. The molecule has 0 aromatic carbocycles. The van der Waals surface area contributed by atoms with Crippen molar-refractivity contribution in [2.45, 2.75) is 50.7 Å². The normalized spacial score (nSPS) is 21.2. The zero-order chi connectivity index (χ0) is 15.3. The summed E-state index contributed by atoms with van der Waals surface area (Å²) in [5.41, 5.74) is 0.261. The summed E-state index contributed by atoms with van der Waals surface area (Å²) >= 11 is 0. The Morgan fingerprint density at radius 3 is 2.05 bits per heavy atom. The molecule has 2 heterocycles. The Kier molecular flexibility index (Phi) is 3.52. The van der Waals surface area contributed by atoms with Crippen LogP contribution < -0.4 is 5.46 Å². The van der Waals surface area contributed by atoms with Crippen molar-refractivity contribution in [2.24, 2.45) is 0 Å². The number of rotatable bonds is 2. The SMILES string of the molecule is Cc1cncc(S(C)(=O)=O)c1B1OC(C)(C)C(C)(C)O1. The molecule has 5 nitrogen and oxygen atoms in total. The molecule has 0 aliphatic carbocycles. The first-order valence-electron chi connectivity index (χ1n) is 6.46. The summed E-state index contributed by atoms with van der Waals surface area (Å²) in [5.74, 6) is 0. The van der Waals surface area contributed by atoms with Crippen LogP contribution in [0.15, 0.2) is 17.3 Å². The van der Waals surface area contributed by atoms with E-state index in [1.807, 2.05) is 34.6 Å². The molecule has 0 N–H and O–H groups in total. The van der Waals surface area contributed by atoms with Gasteiger partial charge in [0.05, 0.1) is 16.1 Å². The van der Waals surface area contributed by atoms with Crippen LogP contribution in [0, 0.1) is 6.92 Å². The molecule has 0 spiro atoms. The molecule has 110 valence electrons. The Bertz CT molecular complexity index is 624. The molecule has 7 heteroatoms. The van der Waals surface area contributed by atoms with E-state index in [0.29, 0.717) is 5.46 Å². The summed E-state index contributed by atoms with van der Waals surface area (Å²) in [4.78, 5) is 4.13. The van der Waals surface area contributed by atoms with E-state index in [1.165, 1.54) is 6.20 Å². The van der Waals surface area contributed by atoms with Gasteiger partial charge in [-0.15, -0.1) is 0 Å². The summed E-state index contributed by atoms with van der Waals surface area (Å²) in [6, 6.07) is 0. The van der Waals surface area contributed by atoms with E-state index in [1.54, 1.807) is 6.20 Å². The van der Waals surface area contributed by atoms with Gasteiger partial charge in [-0.1, -0.05) is 0 Å². The molecule has 0 saturated carbocycles. The number of sulfone groups is 1. The third-order valence-electron chi connectivity index (χ3n) is 4.04. The van der Waals surface area contributed by atoms with Crippen LogP contribution in [0.3, 0.4) is 0 Å². The van der Waals surface area contributed by atoms with Gasteiger partial charge in [0.25, 0.3) is 0 Å². The van der Waals surface area contributed by atoms with Gasteiger partial charge in [-0.3, -0.25) is 4.98 Å². The first-order chi connectivity index (χ1) is 8.96. The van der Waals surface area contributed by atoms with Gasteiger partial charge in [-0.2, -0.15) is 0 Å². The minimum absolute atomic E-state index is 0.163. The average Bonchev–Trinajstić information content (AvgIpc) is 2.46. The smallest absolute Gasteiger partial charge is 0.399 e. The Morgan fingerprint density at radius 2 is 1.60 bits per heavy atom. The molecule has 0 atom stereocenters. The fourth-order valence-electron chi connectivity index (χ4n) is 2.11. The first-order valence-corrected chi connectivity index (χ1v) is 8.35. The van der Waals surface area contributed by atoms with E-state index in [9.17, 15) is 8.42 Å². The lowest BCUT2D eigenvalue weighted by atomic mass is 9.77. The van der Waals surface area contributed by atoms with Crippen LogP contribution in [0.4, 0.5) is 0 Å². The predicted molar refractivity (Wildman–Crippen MR) is 77.8 cm³/mol. The molecule has 0 radical (unpaired) electrons. The van der Waals surface area contributed by atoms with Crippen molar-refractivity contribution in [1.29, 1.82) is 0 Å². The van der Waals surface area contributed by atoms with Crippen LogP contribution in [-0.2, 0) is 19.1 Å². The van der Waals surface area contributed by atoms with E-state index >= 15 is 0 Å². The lowest BCUT2D eigenvalue weighted by Crippen LogP contribution is -2.41. The lowest BCUT2D eigenvalue weighted by Gasteiger charge is -2.32. The number of pyridine rings is 1. The number of hydrogen-bond acceptors (Lipinski definition) is 5. The average molecular weight is 297 g/mol. The van der Waals surface area contributed by atoms with E-state index in [4.69, 9.17) is 9.31 Å². The van der Waals surface area contributed by atoms with Crippen molar-refractivity contribution in [3.63, 3.8) is 0 Å². The molecular weight excluding hydrogens is 277 g/mol. The van der Waals surface area contributed by atoms with Crippen molar-refractivity contribution in [3.8, 4) is 0 Å². The van der Waals surface area contributed by atoms with Gasteiger partial charge < -0.3 is 9.31 Å². The summed E-state index contributed by atoms with van der Waals surface area (Å²) in [6.07, 6.45) is 4.13. The quantitative estimate of drug-likeness (QED) is 0.765. The highest BCUT2D eigenvalue weighted by Crippen LogP contribution is 2.37. The van der Waals surface area contributed by atoms with E-state index < -0.39 is 28.2 Å². The van der Waals surface area contributed by atoms with Crippen molar-refractivity contribution in [2.75, 3.05) is 6.26 Å². The second kappa shape index (κ2) is 4.54. The van der Waals surface area contributed by atoms with Gasteiger partial charge in [0.2, 0.25) is 0 Å². The maximum Gasteiger partial charge on any atom is 0.496 e. The second-order valence-corrected chi connectivity index (χ2v) is 8.21. The van der Waals surface area contributed by atoms with Crippen molar-refractivity contribution in [1.82, 2.24) is 4.98 Å². The Morgan fingerprint density at radius 1 is 1.10 bits per heavy atom. The fraction of sp³-hybridized carbons (Fsp3) is 0.615. The Labute approximate surface area is 120 Å². The summed E-state index contributed by atoms with van der Waals surface area (Å²) in [7, 11) is -4.09. The maximum atomic E-state index is 11.9. The van der Waals surface area contributed by atoms with E-state index in [0.717, 1.165) is 11.8 Å². The van der Waals surface area contributed by atoms with Gasteiger partial charge in [0, 0.05) is 24.1 Å². The van der Waals surface area contributed by atoms with Crippen LogP contribution in [0.1, 0.15) is 33.3 Å². The van der Waals surface area contributed by atoms with E-state index in [-0.39, 0.29) is 4.90 Å². The zero-order valence-corrected chi connectivity index (χ0v) is 13.5. The van der Waals surface area contributed by atoms with Gasteiger partial charge in [-0.05, 0) is 40.2 Å². The zero-order valence-electron chi connectivity index (χ0n) is 12.7. The summed E-state index contributed by atoms with van der Waals surface area (Å²) in [5, 5.41) is 0. The molecule has 0 bridgehead atoms. The molecule has 0 amide bonds. The van der Waals surface area contributed by atoms with Gasteiger partial charge >= 0.3 is 7.12 Å². The van der Waals surface area contributed by atoms with Gasteiger partial charge in [0.15, 0.2) is 9.84 Å². The fourth-order valence-corrected chi connectivity index (χ4v) is 3.02. The molecule has 2 rings (SSSR count). The van der Waals surface area contributed by atoms with Crippen LogP contribution >= 0.6 is 0 Å². The van der Waals surface area contributed by atoms with Crippen LogP contribution in [0.5, 0.6) is 0 Å². The predicted octanol–water partition coefficient (Wildman–Crippen LogP) is 1.09. The van der Waals surface area contributed by atoms with Crippen LogP contribution in [0.2, 0.25) is 0 Å². The third kappa shape index (κ3) is 2.50. The molecular formula is C13H20BNO4S. The monoisotopic (exact) mass is 297 g/mol. The lowest BCUT2D eigenvalue weighted by molar-refractivity contribution is 0.00578. The molecule has 1 aromatic rings. The Balaban J connectivity index is 2.56. The standard InChI is InChI=1S/C13H20BNO4S/c1-9-7-15-8-10(20(6,16)17)11(9)14-18-12(2,3)13(4,5)19-14/h7-8H,1-6H3. The summed E-state index contributed by atoms with van der Waals surface area (Å²) in [6.45, 7) is 9.54.